The van der Waals surface area contributed by atoms with Crippen molar-refractivity contribution < 1.29 is 13.5 Å². The molecular formula is C9H19NO3S. The molecule has 14 heavy (non-hydrogen) atoms. The monoisotopic (exact) mass is 221 g/mol. The average Bonchev–Trinajstić information content (AvgIpc) is 2.03. The fourth-order valence-corrected chi connectivity index (χ4v) is 2.70. The lowest BCUT2D eigenvalue weighted by molar-refractivity contribution is 0.133. The van der Waals surface area contributed by atoms with E-state index in [4.69, 9.17) is 5.11 Å². The number of aliphatic hydroxyl groups is 1. The fourth-order valence-electron chi connectivity index (χ4n) is 1.79. The summed E-state index contributed by atoms with van der Waals surface area (Å²) in [6, 6.07) is 0. The van der Waals surface area contributed by atoms with Crippen LogP contribution in [0.3, 0.4) is 0 Å². The second kappa shape index (κ2) is 4.59. The van der Waals surface area contributed by atoms with E-state index in [1.165, 1.54) is 6.42 Å². The molecular weight excluding hydrogens is 202 g/mol. The lowest BCUT2D eigenvalue weighted by Gasteiger charge is -2.41. The summed E-state index contributed by atoms with van der Waals surface area (Å²) in [6.45, 7) is 2.32. The molecule has 5 heteroatoms. The molecule has 0 atom stereocenters. The van der Waals surface area contributed by atoms with Gasteiger partial charge in [0.2, 0.25) is 10.0 Å². The summed E-state index contributed by atoms with van der Waals surface area (Å²) in [4.78, 5) is 0. The van der Waals surface area contributed by atoms with Crippen LogP contribution in [0.25, 0.3) is 0 Å². The maximum atomic E-state index is 11.3. The molecule has 0 aliphatic heterocycles. The van der Waals surface area contributed by atoms with Crippen molar-refractivity contribution in [1.29, 1.82) is 0 Å². The van der Waals surface area contributed by atoms with Gasteiger partial charge in [0.15, 0.2) is 0 Å². The molecule has 0 aromatic rings. The Morgan fingerprint density at radius 1 is 1.43 bits per heavy atom. The van der Waals surface area contributed by atoms with Crippen molar-refractivity contribution in [3.05, 3.63) is 0 Å². The van der Waals surface area contributed by atoms with Crippen LogP contribution in [0, 0.1) is 5.41 Å². The summed E-state index contributed by atoms with van der Waals surface area (Å²) in [5.74, 6) is -0.188. The standard InChI is InChI=1S/C9H19NO3S/c1-2-9(4-3-5-9)8-10-14(12,13)7-6-11/h10-11H,2-8H2,1H3. The highest BCUT2D eigenvalue weighted by Gasteiger charge is 2.35. The van der Waals surface area contributed by atoms with Crippen molar-refractivity contribution in [2.24, 2.45) is 5.41 Å². The van der Waals surface area contributed by atoms with E-state index in [0.717, 1.165) is 19.3 Å². The Morgan fingerprint density at radius 2 is 2.07 bits per heavy atom. The topological polar surface area (TPSA) is 66.4 Å². The number of sulfonamides is 1. The summed E-state index contributed by atoms with van der Waals surface area (Å²) in [5.41, 5.74) is 0.197. The first-order chi connectivity index (χ1) is 6.54. The van der Waals surface area contributed by atoms with Crippen LogP contribution in [-0.2, 0) is 10.0 Å². The van der Waals surface area contributed by atoms with Crippen molar-refractivity contribution >= 4 is 10.0 Å². The molecule has 0 bridgehead atoms. The summed E-state index contributed by atoms with van der Waals surface area (Å²) < 4.78 is 25.1. The minimum atomic E-state index is -3.25. The van der Waals surface area contributed by atoms with Crippen molar-refractivity contribution in [2.45, 2.75) is 32.6 Å². The molecule has 0 radical (unpaired) electrons. The molecule has 0 saturated heterocycles. The molecule has 1 fully saturated rings. The smallest absolute Gasteiger partial charge is 0.213 e. The van der Waals surface area contributed by atoms with Gasteiger partial charge in [0.05, 0.1) is 12.4 Å². The van der Waals surface area contributed by atoms with E-state index in [1.54, 1.807) is 0 Å². The quantitative estimate of drug-likeness (QED) is 0.685. The van der Waals surface area contributed by atoms with Crippen LogP contribution < -0.4 is 4.72 Å². The molecule has 4 nitrogen and oxygen atoms in total. The molecule has 1 aliphatic carbocycles. The third-order valence-electron chi connectivity index (χ3n) is 3.19. The van der Waals surface area contributed by atoms with Gasteiger partial charge in [0.1, 0.15) is 0 Å². The van der Waals surface area contributed by atoms with Gasteiger partial charge in [0, 0.05) is 6.54 Å². The minimum Gasteiger partial charge on any atom is -0.395 e. The van der Waals surface area contributed by atoms with Gasteiger partial charge in [0.25, 0.3) is 0 Å². The average molecular weight is 221 g/mol. The zero-order chi connectivity index (χ0) is 10.7. The lowest BCUT2D eigenvalue weighted by Crippen LogP contribution is -2.42. The van der Waals surface area contributed by atoms with Crippen molar-refractivity contribution in [1.82, 2.24) is 4.72 Å². The number of aliphatic hydroxyl groups excluding tert-OH is 1. The van der Waals surface area contributed by atoms with Gasteiger partial charge in [-0.05, 0) is 24.7 Å². The lowest BCUT2D eigenvalue weighted by atomic mass is 9.67. The van der Waals surface area contributed by atoms with E-state index >= 15 is 0 Å². The first kappa shape index (κ1) is 11.9. The van der Waals surface area contributed by atoms with Gasteiger partial charge in [-0.15, -0.1) is 0 Å². The molecule has 0 aromatic heterocycles. The van der Waals surface area contributed by atoms with Crippen LogP contribution in [-0.4, -0.2) is 32.4 Å². The van der Waals surface area contributed by atoms with Gasteiger partial charge in [-0.25, -0.2) is 13.1 Å². The summed E-state index contributed by atoms with van der Waals surface area (Å²) in [7, 11) is -3.25. The molecule has 2 N–H and O–H groups in total. The second-order valence-corrected chi connectivity index (χ2v) is 6.00. The largest absolute Gasteiger partial charge is 0.395 e. The Hall–Kier alpha value is -0.130. The molecule has 1 aliphatic rings. The highest BCUT2D eigenvalue weighted by molar-refractivity contribution is 7.89. The maximum Gasteiger partial charge on any atom is 0.213 e. The van der Waals surface area contributed by atoms with Crippen molar-refractivity contribution in [3.63, 3.8) is 0 Å². The Kier molecular flexibility index (Phi) is 3.92. The zero-order valence-corrected chi connectivity index (χ0v) is 9.44. The zero-order valence-electron chi connectivity index (χ0n) is 8.62. The van der Waals surface area contributed by atoms with Crippen LogP contribution in [0.15, 0.2) is 0 Å². The predicted molar refractivity (Wildman–Crippen MR) is 55.5 cm³/mol. The van der Waals surface area contributed by atoms with Crippen LogP contribution >= 0.6 is 0 Å². The molecule has 0 amide bonds. The van der Waals surface area contributed by atoms with Gasteiger partial charge in [-0.3, -0.25) is 0 Å². The number of hydrogen-bond donors (Lipinski definition) is 2. The van der Waals surface area contributed by atoms with Gasteiger partial charge >= 0.3 is 0 Å². The van der Waals surface area contributed by atoms with Gasteiger partial charge in [-0.1, -0.05) is 13.3 Å². The first-order valence-electron chi connectivity index (χ1n) is 5.12. The molecule has 0 spiro atoms. The van der Waals surface area contributed by atoms with E-state index in [2.05, 4.69) is 11.6 Å². The minimum absolute atomic E-state index is 0.188. The Balaban J connectivity index is 2.39. The molecule has 84 valence electrons. The fraction of sp³-hybridized carbons (Fsp3) is 1.00. The highest BCUT2D eigenvalue weighted by atomic mass is 32.2. The van der Waals surface area contributed by atoms with E-state index in [9.17, 15) is 8.42 Å². The number of hydrogen-bond acceptors (Lipinski definition) is 3. The third kappa shape index (κ3) is 2.93. The van der Waals surface area contributed by atoms with Gasteiger partial charge in [-0.2, -0.15) is 0 Å². The molecule has 0 aromatic carbocycles. The molecule has 1 rings (SSSR count). The van der Waals surface area contributed by atoms with E-state index < -0.39 is 10.0 Å². The number of nitrogens with one attached hydrogen (secondary N) is 1. The van der Waals surface area contributed by atoms with Crippen LogP contribution in [0.1, 0.15) is 32.6 Å². The van der Waals surface area contributed by atoms with E-state index in [-0.39, 0.29) is 17.8 Å². The highest BCUT2D eigenvalue weighted by Crippen LogP contribution is 2.43. The van der Waals surface area contributed by atoms with Crippen molar-refractivity contribution in [3.8, 4) is 0 Å². The third-order valence-corrected chi connectivity index (χ3v) is 4.50. The Labute approximate surface area is 85.8 Å². The molecule has 0 heterocycles. The Bertz CT molecular complexity index is 264. The Morgan fingerprint density at radius 3 is 2.43 bits per heavy atom. The van der Waals surface area contributed by atoms with E-state index in [0.29, 0.717) is 6.54 Å². The normalized spacial score (nSPS) is 20.4. The van der Waals surface area contributed by atoms with Gasteiger partial charge < -0.3 is 5.11 Å². The van der Waals surface area contributed by atoms with Crippen LogP contribution in [0.5, 0.6) is 0 Å². The molecule has 0 unspecified atom stereocenters. The molecule has 1 saturated carbocycles. The van der Waals surface area contributed by atoms with Crippen LogP contribution in [0.4, 0.5) is 0 Å². The number of rotatable bonds is 6. The summed E-state index contributed by atoms with van der Waals surface area (Å²) in [5, 5.41) is 8.54. The summed E-state index contributed by atoms with van der Waals surface area (Å²) in [6.07, 6.45) is 4.46. The SMILES string of the molecule is CCC1(CNS(=O)(=O)CCO)CCC1. The first-order valence-corrected chi connectivity index (χ1v) is 6.77. The second-order valence-electron chi connectivity index (χ2n) is 4.07. The predicted octanol–water partition coefficient (Wildman–Crippen LogP) is 0.478. The maximum absolute atomic E-state index is 11.3. The van der Waals surface area contributed by atoms with Crippen molar-refractivity contribution in [2.75, 3.05) is 18.9 Å². The van der Waals surface area contributed by atoms with Crippen LogP contribution in [0.2, 0.25) is 0 Å². The van der Waals surface area contributed by atoms with E-state index in [1.807, 2.05) is 0 Å². The summed E-state index contributed by atoms with van der Waals surface area (Å²) >= 11 is 0.